The van der Waals surface area contributed by atoms with Gasteiger partial charge in [0.1, 0.15) is 0 Å². The summed E-state index contributed by atoms with van der Waals surface area (Å²) < 4.78 is 15.7. The first-order valence-corrected chi connectivity index (χ1v) is 5.85. The first-order valence-electron chi connectivity index (χ1n) is 5.85. The van der Waals surface area contributed by atoms with Gasteiger partial charge in [-0.1, -0.05) is 6.08 Å². The zero-order valence-corrected chi connectivity index (χ0v) is 11.6. The first kappa shape index (κ1) is 14.9. The molecule has 1 aromatic rings. The van der Waals surface area contributed by atoms with Crippen LogP contribution in [0.5, 0.6) is 17.2 Å². The average molecular weight is 265 g/mol. The minimum Gasteiger partial charge on any atom is -0.493 e. The summed E-state index contributed by atoms with van der Waals surface area (Å²) in [6.45, 7) is 2.18. The minimum atomic E-state index is -0.142. The van der Waals surface area contributed by atoms with Gasteiger partial charge in [-0.3, -0.25) is 4.79 Å². The van der Waals surface area contributed by atoms with Crippen LogP contribution in [0.4, 0.5) is 0 Å². The second kappa shape index (κ2) is 7.31. The second-order valence-corrected chi connectivity index (χ2v) is 3.75. The van der Waals surface area contributed by atoms with Gasteiger partial charge in [-0.25, -0.2) is 0 Å². The van der Waals surface area contributed by atoms with Gasteiger partial charge in [-0.05, 0) is 30.7 Å². The number of allylic oxidation sites excluding steroid dienone is 1. The van der Waals surface area contributed by atoms with Crippen LogP contribution in [0.15, 0.2) is 24.3 Å². The molecule has 0 aliphatic heterocycles. The Morgan fingerprint density at radius 2 is 1.74 bits per heavy atom. The zero-order chi connectivity index (χ0) is 14.3. The molecule has 104 valence electrons. The van der Waals surface area contributed by atoms with Crippen molar-refractivity contribution in [1.82, 2.24) is 5.32 Å². The molecule has 19 heavy (non-hydrogen) atoms. The van der Waals surface area contributed by atoms with E-state index in [2.05, 4.69) is 5.32 Å². The van der Waals surface area contributed by atoms with E-state index in [4.69, 9.17) is 14.2 Å². The zero-order valence-electron chi connectivity index (χ0n) is 11.6. The van der Waals surface area contributed by atoms with Crippen LogP contribution in [-0.2, 0) is 11.3 Å². The fourth-order valence-electron chi connectivity index (χ4n) is 1.64. The summed E-state index contributed by atoms with van der Waals surface area (Å²) in [5.74, 6) is 1.53. The maximum atomic E-state index is 11.4. The van der Waals surface area contributed by atoms with Gasteiger partial charge in [0, 0.05) is 6.54 Å². The number of nitrogens with one attached hydrogen (secondary N) is 1. The lowest BCUT2D eigenvalue weighted by atomic mass is 10.1. The number of amides is 1. The van der Waals surface area contributed by atoms with Crippen molar-refractivity contribution in [3.8, 4) is 17.2 Å². The molecule has 1 N–H and O–H groups in total. The Kier molecular flexibility index (Phi) is 5.73. The molecule has 5 nitrogen and oxygen atoms in total. The number of rotatable bonds is 6. The van der Waals surface area contributed by atoms with Crippen molar-refractivity contribution in [3.05, 3.63) is 29.8 Å². The maximum Gasteiger partial charge on any atom is 0.243 e. The lowest BCUT2D eigenvalue weighted by Crippen LogP contribution is -2.20. The summed E-state index contributed by atoms with van der Waals surface area (Å²) in [6.07, 6.45) is 3.16. The summed E-state index contributed by atoms with van der Waals surface area (Å²) in [7, 11) is 4.66. The Bertz CT molecular complexity index is 444. The van der Waals surface area contributed by atoms with Crippen molar-refractivity contribution >= 4 is 5.91 Å². The number of ether oxygens (including phenoxy) is 3. The maximum absolute atomic E-state index is 11.4. The lowest BCUT2D eigenvalue weighted by Gasteiger charge is -2.14. The molecule has 0 fully saturated rings. The highest BCUT2D eigenvalue weighted by atomic mass is 16.5. The molecule has 0 saturated heterocycles. The number of carbonyl (C=O) groups excluding carboxylic acids is 1. The van der Waals surface area contributed by atoms with Crippen LogP contribution in [0.25, 0.3) is 0 Å². The third kappa shape index (κ3) is 3.91. The quantitative estimate of drug-likeness (QED) is 0.798. The van der Waals surface area contributed by atoms with Crippen molar-refractivity contribution in [2.75, 3.05) is 21.3 Å². The summed E-state index contributed by atoms with van der Waals surface area (Å²) >= 11 is 0. The van der Waals surface area contributed by atoms with Crippen LogP contribution in [0.3, 0.4) is 0 Å². The van der Waals surface area contributed by atoms with E-state index in [9.17, 15) is 4.79 Å². The molecule has 0 saturated carbocycles. The standard InChI is InChI=1S/C14H19NO4/c1-5-6-13(16)15-9-10-7-11(17-2)14(19-4)12(8-10)18-3/h5-8H,9H2,1-4H3,(H,15,16)/b6-5+. The van der Waals surface area contributed by atoms with Crippen molar-refractivity contribution in [1.29, 1.82) is 0 Å². The van der Waals surface area contributed by atoms with Crippen molar-refractivity contribution in [3.63, 3.8) is 0 Å². The third-order valence-corrected chi connectivity index (χ3v) is 2.51. The van der Waals surface area contributed by atoms with Gasteiger partial charge < -0.3 is 19.5 Å². The molecule has 0 aliphatic carbocycles. The topological polar surface area (TPSA) is 56.8 Å². The Morgan fingerprint density at radius 1 is 1.16 bits per heavy atom. The van der Waals surface area contributed by atoms with Gasteiger partial charge >= 0.3 is 0 Å². The molecule has 0 spiro atoms. The van der Waals surface area contributed by atoms with E-state index < -0.39 is 0 Å². The minimum absolute atomic E-state index is 0.142. The lowest BCUT2D eigenvalue weighted by molar-refractivity contribution is -0.116. The second-order valence-electron chi connectivity index (χ2n) is 3.75. The Labute approximate surface area is 113 Å². The van der Waals surface area contributed by atoms with Gasteiger partial charge in [0.15, 0.2) is 11.5 Å². The van der Waals surface area contributed by atoms with Crippen molar-refractivity contribution < 1.29 is 19.0 Å². The van der Waals surface area contributed by atoms with Crippen molar-refractivity contribution in [2.45, 2.75) is 13.5 Å². The van der Waals surface area contributed by atoms with E-state index in [1.165, 1.54) is 6.08 Å². The molecule has 0 heterocycles. The van der Waals surface area contributed by atoms with E-state index >= 15 is 0 Å². The fraction of sp³-hybridized carbons (Fsp3) is 0.357. The smallest absolute Gasteiger partial charge is 0.243 e. The number of benzene rings is 1. The predicted molar refractivity (Wildman–Crippen MR) is 72.8 cm³/mol. The van der Waals surface area contributed by atoms with Crippen LogP contribution < -0.4 is 19.5 Å². The molecule has 0 unspecified atom stereocenters. The number of hydrogen-bond acceptors (Lipinski definition) is 4. The molecule has 0 aliphatic rings. The largest absolute Gasteiger partial charge is 0.493 e. The van der Waals surface area contributed by atoms with E-state index in [-0.39, 0.29) is 5.91 Å². The number of carbonyl (C=O) groups is 1. The molecule has 0 radical (unpaired) electrons. The molecular weight excluding hydrogens is 246 g/mol. The molecule has 0 aromatic heterocycles. The molecule has 1 aromatic carbocycles. The molecule has 1 rings (SSSR count). The van der Waals surface area contributed by atoms with Gasteiger partial charge in [-0.2, -0.15) is 0 Å². The highest BCUT2D eigenvalue weighted by molar-refractivity contribution is 5.87. The van der Waals surface area contributed by atoms with Crippen molar-refractivity contribution in [2.24, 2.45) is 0 Å². The number of methoxy groups -OCH3 is 3. The molecule has 0 bridgehead atoms. The van der Waals surface area contributed by atoms with Crippen LogP contribution >= 0.6 is 0 Å². The van der Waals surface area contributed by atoms with Gasteiger partial charge in [0.25, 0.3) is 0 Å². The Balaban J connectivity index is 2.93. The van der Waals surface area contributed by atoms with E-state index in [0.29, 0.717) is 23.8 Å². The van der Waals surface area contributed by atoms with Crippen LogP contribution in [0, 0.1) is 0 Å². The molecule has 5 heteroatoms. The highest BCUT2D eigenvalue weighted by Crippen LogP contribution is 2.38. The molecule has 0 atom stereocenters. The first-order chi connectivity index (χ1) is 9.15. The van der Waals surface area contributed by atoms with Crippen LogP contribution in [0.1, 0.15) is 12.5 Å². The molecule has 1 amide bonds. The number of hydrogen-bond donors (Lipinski definition) is 1. The van der Waals surface area contributed by atoms with Gasteiger partial charge in [0.2, 0.25) is 11.7 Å². The van der Waals surface area contributed by atoms with Gasteiger partial charge in [0.05, 0.1) is 21.3 Å². The molecular formula is C14H19NO4. The summed E-state index contributed by atoms with van der Waals surface area (Å²) in [6, 6.07) is 3.61. The third-order valence-electron chi connectivity index (χ3n) is 2.51. The summed E-state index contributed by atoms with van der Waals surface area (Å²) in [5.41, 5.74) is 0.868. The fourth-order valence-corrected chi connectivity index (χ4v) is 1.64. The Morgan fingerprint density at radius 3 is 2.16 bits per heavy atom. The van der Waals surface area contributed by atoms with Crippen LogP contribution in [0.2, 0.25) is 0 Å². The SMILES string of the molecule is C/C=C/C(=O)NCc1cc(OC)c(OC)c(OC)c1. The highest BCUT2D eigenvalue weighted by Gasteiger charge is 2.13. The monoisotopic (exact) mass is 265 g/mol. The van der Waals surface area contributed by atoms with E-state index in [1.807, 2.05) is 0 Å². The summed E-state index contributed by atoms with van der Waals surface area (Å²) in [5, 5.41) is 2.76. The van der Waals surface area contributed by atoms with E-state index in [1.54, 1.807) is 46.5 Å². The Hall–Kier alpha value is -2.17. The normalized spacial score (nSPS) is 10.3. The van der Waals surface area contributed by atoms with E-state index in [0.717, 1.165) is 5.56 Å². The summed E-state index contributed by atoms with van der Waals surface area (Å²) in [4.78, 5) is 11.4. The average Bonchev–Trinajstić information content (AvgIpc) is 2.44. The predicted octanol–water partition coefficient (Wildman–Crippen LogP) is 1.90. The van der Waals surface area contributed by atoms with Gasteiger partial charge in [-0.15, -0.1) is 0 Å². The van der Waals surface area contributed by atoms with Crippen LogP contribution in [-0.4, -0.2) is 27.2 Å².